The van der Waals surface area contributed by atoms with Gasteiger partial charge in [-0.05, 0) is 45.4 Å². The topological polar surface area (TPSA) is 38.4 Å². The highest BCUT2D eigenvalue weighted by molar-refractivity contribution is 5.57. The maximum Gasteiger partial charge on any atom is 0.0501 e. The Labute approximate surface area is 75.6 Å². The summed E-state index contributed by atoms with van der Waals surface area (Å²) in [6, 6.07) is 0.389. The fourth-order valence-corrected chi connectivity index (χ4v) is 0.937. The maximum absolute atomic E-state index is 5.36. The number of aliphatic imine (C=N–C) groups is 1. The van der Waals surface area contributed by atoms with E-state index < -0.39 is 0 Å². The second kappa shape index (κ2) is 8.47. The van der Waals surface area contributed by atoms with E-state index in [1.807, 2.05) is 12.3 Å². The molecule has 1 atom stereocenters. The second-order valence-corrected chi connectivity index (χ2v) is 2.99. The predicted molar refractivity (Wildman–Crippen MR) is 55.7 cm³/mol. The van der Waals surface area contributed by atoms with Gasteiger partial charge in [0.05, 0.1) is 6.04 Å². The fourth-order valence-electron chi connectivity index (χ4n) is 0.937. The van der Waals surface area contributed by atoms with Crippen molar-refractivity contribution in [3.05, 3.63) is 12.7 Å². The third-order valence-corrected chi connectivity index (χ3v) is 1.66. The van der Waals surface area contributed by atoms with Crippen molar-refractivity contribution in [2.45, 2.75) is 38.6 Å². The number of rotatable bonds is 7. The van der Waals surface area contributed by atoms with Crippen LogP contribution in [0, 0.1) is 0 Å². The summed E-state index contributed by atoms with van der Waals surface area (Å²) < 4.78 is 0. The third kappa shape index (κ3) is 7.48. The lowest BCUT2D eigenvalue weighted by Gasteiger charge is -1.99. The molecule has 12 heavy (non-hydrogen) atoms. The molecule has 2 N–H and O–H groups in total. The SMILES string of the molecule is C=CCC(C)N=CCCCCN. The van der Waals surface area contributed by atoms with Crippen LogP contribution in [0.15, 0.2) is 17.6 Å². The van der Waals surface area contributed by atoms with Gasteiger partial charge >= 0.3 is 0 Å². The Hall–Kier alpha value is -0.630. The molecule has 0 aromatic rings. The zero-order valence-electron chi connectivity index (χ0n) is 8.00. The summed E-state index contributed by atoms with van der Waals surface area (Å²) in [4.78, 5) is 4.35. The average molecular weight is 168 g/mol. The van der Waals surface area contributed by atoms with Crippen LogP contribution in [-0.4, -0.2) is 18.8 Å². The molecular formula is C10H20N2. The molecule has 0 saturated carbocycles. The second-order valence-electron chi connectivity index (χ2n) is 2.99. The van der Waals surface area contributed by atoms with E-state index in [0.29, 0.717) is 6.04 Å². The van der Waals surface area contributed by atoms with Crippen LogP contribution >= 0.6 is 0 Å². The maximum atomic E-state index is 5.36. The standard InChI is InChI=1S/C10H20N2/c1-3-7-10(2)12-9-6-4-5-8-11/h3,9-10H,1,4-8,11H2,2H3. The largest absolute Gasteiger partial charge is 0.330 e. The molecule has 2 nitrogen and oxygen atoms in total. The third-order valence-electron chi connectivity index (χ3n) is 1.66. The normalized spacial score (nSPS) is 13.5. The summed E-state index contributed by atoms with van der Waals surface area (Å²) in [5, 5.41) is 0. The molecule has 0 aliphatic carbocycles. The molecule has 0 radical (unpaired) electrons. The minimum Gasteiger partial charge on any atom is -0.330 e. The Morgan fingerprint density at radius 1 is 1.50 bits per heavy atom. The number of hydrogen-bond donors (Lipinski definition) is 1. The highest BCUT2D eigenvalue weighted by Gasteiger charge is 1.91. The van der Waals surface area contributed by atoms with Crippen molar-refractivity contribution in [1.82, 2.24) is 0 Å². The number of nitrogens with zero attached hydrogens (tertiary/aromatic N) is 1. The van der Waals surface area contributed by atoms with Gasteiger partial charge in [-0.25, -0.2) is 0 Å². The first-order valence-corrected chi connectivity index (χ1v) is 4.63. The molecule has 0 aliphatic heterocycles. The van der Waals surface area contributed by atoms with Crippen LogP contribution in [0.25, 0.3) is 0 Å². The average Bonchev–Trinajstić information content (AvgIpc) is 2.05. The molecule has 0 aromatic heterocycles. The van der Waals surface area contributed by atoms with Crippen LogP contribution in [0.2, 0.25) is 0 Å². The molecule has 0 aromatic carbocycles. The monoisotopic (exact) mass is 168 g/mol. The lowest BCUT2D eigenvalue weighted by molar-refractivity contribution is 0.745. The summed E-state index contributed by atoms with van der Waals surface area (Å²) in [5.74, 6) is 0. The Kier molecular flexibility index (Phi) is 8.02. The summed E-state index contributed by atoms with van der Waals surface area (Å²) in [6.07, 6.45) is 8.18. The lowest BCUT2D eigenvalue weighted by Crippen LogP contribution is -1.99. The van der Waals surface area contributed by atoms with Crippen molar-refractivity contribution in [2.75, 3.05) is 6.54 Å². The molecule has 1 unspecified atom stereocenters. The van der Waals surface area contributed by atoms with Crippen molar-refractivity contribution < 1.29 is 0 Å². The number of unbranched alkanes of at least 4 members (excludes halogenated alkanes) is 2. The summed E-state index contributed by atoms with van der Waals surface area (Å²) in [7, 11) is 0. The van der Waals surface area contributed by atoms with Gasteiger partial charge in [-0.3, -0.25) is 4.99 Å². The van der Waals surface area contributed by atoms with E-state index in [9.17, 15) is 0 Å². The molecule has 0 amide bonds. The van der Waals surface area contributed by atoms with Crippen molar-refractivity contribution >= 4 is 6.21 Å². The van der Waals surface area contributed by atoms with Crippen LogP contribution in [0.5, 0.6) is 0 Å². The lowest BCUT2D eigenvalue weighted by atomic mass is 10.2. The number of nitrogens with two attached hydrogens (primary N) is 1. The molecule has 2 heteroatoms. The Bertz CT molecular complexity index is 130. The zero-order valence-corrected chi connectivity index (χ0v) is 8.00. The molecule has 0 spiro atoms. The van der Waals surface area contributed by atoms with E-state index in [-0.39, 0.29) is 0 Å². The Balaban J connectivity index is 3.28. The molecule has 70 valence electrons. The van der Waals surface area contributed by atoms with Gasteiger partial charge in [0.25, 0.3) is 0 Å². The van der Waals surface area contributed by atoms with Gasteiger partial charge in [0.15, 0.2) is 0 Å². The molecule has 0 heterocycles. The van der Waals surface area contributed by atoms with Gasteiger partial charge in [0, 0.05) is 0 Å². The number of hydrogen-bond acceptors (Lipinski definition) is 2. The van der Waals surface area contributed by atoms with E-state index in [4.69, 9.17) is 5.73 Å². The van der Waals surface area contributed by atoms with Crippen LogP contribution < -0.4 is 5.73 Å². The van der Waals surface area contributed by atoms with Gasteiger partial charge in [-0.1, -0.05) is 6.08 Å². The molecular weight excluding hydrogens is 148 g/mol. The smallest absolute Gasteiger partial charge is 0.0501 e. The Morgan fingerprint density at radius 3 is 2.83 bits per heavy atom. The van der Waals surface area contributed by atoms with Gasteiger partial charge in [0.1, 0.15) is 0 Å². The summed E-state index contributed by atoms with van der Waals surface area (Å²) in [5.41, 5.74) is 5.36. The molecule has 0 bridgehead atoms. The minimum atomic E-state index is 0.389. The van der Waals surface area contributed by atoms with E-state index in [1.54, 1.807) is 0 Å². The first-order valence-electron chi connectivity index (χ1n) is 4.63. The van der Waals surface area contributed by atoms with E-state index in [2.05, 4.69) is 18.5 Å². The van der Waals surface area contributed by atoms with E-state index in [0.717, 1.165) is 32.2 Å². The van der Waals surface area contributed by atoms with Gasteiger partial charge in [-0.2, -0.15) is 0 Å². The van der Waals surface area contributed by atoms with Crippen molar-refractivity contribution in [2.24, 2.45) is 10.7 Å². The van der Waals surface area contributed by atoms with Crippen LogP contribution in [0.3, 0.4) is 0 Å². The highest BCUT2D eigenvalue weighted by Crippen LogP contribution is 1.97. The van der Waals surface area contributed by atoms with Crippen molar-refractivity contribution in [3.63, 3.8) is 0 Å². The van der Waals surface area contributed by atoms with E-state index in [1.165, 1.54) is 0 Å². The summed E-state index contributed by atoms with van der Waals surface area (Å²) in [6.45, 7) is 6.55. The molecule has 0 aliphatic rings. The molecule has 0 fully saturated rings. The highest BCUT2D eigenvalue weighted by atomic mass is 14.7. The van der Waals surface area contributed by atoms with Gasteiger partial charge < -0.3 is 5.73 Å². The van der Waals surface area contributed by atoms with Crippen LogP contribution in [0.1, 0.15) is 32.6 Å². The first-order chi connectivity index (χ1) is 5.81. The molecule has 0 rings (SSSR count). The van der Waals surface area contributed by atoms with Gasteiger partial charge in [0.2, 0.25) is 0 Å². The van der Waals surface area contributed by atoms with Crippen molar-refractivity contribution in [1.29, 1.82) is 0 Å². The minimum absolute atomic E-state index is 0.389. The Morgan fingerprint density at radius 2 is 2.25 bits per heavy atom. The predicted octanol–water partition coefficient (Wildman–Crippen LogP) is 2.15. The summed E-state index contributed by atoms with van der Waals surface area (Å²) >= 11 is 0. The van der Waals surface area contributed by atoms with Gasteiger partial charge in [-0.15, -0.1) is 6.58 Å². The molecule has 0 saturated heterocycles. The first kappa shape index (κ1) is 11.4. The fraction of sp³-hybridized carbons (Fsp3) is 0.700. The zero-order chi connectivity index (χ0) is 9.23. The van der Waals surface area contributed by atoms with Crippen LogP contribution in [0.4, 0.5) is 0 Å². The van der Waals surface area contributed by atoms with E-state index >= 15 is 0 Å². The quantitative estimate of drug-likeness (QED) is 0.353. The van der Waals surface area contributed by atoms with Crippen molar-refractivity contribution in [3.8, 4) is 0 Å². The van der Waals surface area contributed by atoms with Crippen LogP contribution in [-0.2, 0) is 0 Å².